The minimum atomic E-state index is -0.109. The second-order valence-corrected chi connectivity index (χ2v) is 5.88. The maximum absolute atomic E-state index is 12.1. The van der Waals surface area contributed by atoms with E-state index in [0.717, 1.165) is 6.54 Å². The maximum Gasteiger partial charge on any atom is 0.252 e. The van der Waals surface area contributed by atoms with Crippen LogP contribution in [0.25, 0.3) is 0 Å². The summed E-state index contributed by atoms with van der Waals surface area (Å²) in [5.74, 6) is 1.17. The molecule has 0 radical (unpaired) electrons. The Kier molecular flexibility index (Phi) is 6.63. The predicted molar refractivity (Wildman–Crippen MR) is 86.6 cm³/mol. The number of amides is 1. The molecule has 3 nitrogen and oxygen atoms in total. The van der Waals surface area contributed by atoms with Crippen molar-refractivity contribution in [3.63, 3.8) is 0 Å². The first-order valence-electron chi connectivity index (χ1n) is 6.91. The summed E-state index contributed by atoms with van der Waals surface area (Å²) in [4.78, 5) is 12.1. The van der Waals surface area contributed by atoms with E-state index in [1.165, 1.54) is 25.7 Å². The number of hydrogen-bond acceptors (Lipinski definition) is 2. The van der Waals surface area contributed by atoms with Gasteiger partial charge in [-0.3, -0.25) is 4.79 Å². The van der Waals surface area contributed by atoms with E-state index in [9.17, 15) is 4.79 Å². The number of halogens is 2. The van der Waals surface area contributed by atoms with Gasteiger partial charge < -0.3 is 11.1 Å². The first-order valence-corrected chi connectivity index (χ1v) is 7.29. The van der Waals surface area contributed by atoms with E-state index >= 15 is 0 Å². The number of anilines is 1. The second-order valence-electron chi connectivity index (χ2n) is 5.47. The topological polar surface area (TPSA) is 55.1 Å². The van der Waals surface area contributed by atoms with E-state index in [2.05, 4.69) is 12.2 Å². The number of carbonyl (C=O) groups excluding carboxylic acids is 1. The lowest BCUT2D eigenvalue weighted by Gasteiger charge is -2.28. The molecule has 0 aromatic heterocycles. The van der Waals surface area contributed by atoms with Crippen LogP contribution in [0.1, 0.15) is 43.0 Å². The Morgan fingerprint density at radius 1 is 1.40 bits per heavy atom. The summed E-state index contributed by atoms with van der Waals surface area (Å²) >= 11 is 6.03. The van der Waals surface area contributed by atoms with Gasteiger partial charge in [0.05, 0.1) is 10.6 Å². The maximum atomic E-state index is 12.1. The van der Waals surface area contributed by atoms with Gasteiger partial charge in [-0.15, -0.1) is 12.4 Å². The highest BCUT2D eigenvalue weighted by molar-refractivity contribution is 6.34. The van der Waals surface area contributed by atoms with Crippen molar-refractivity contribution < 1.29 is 4.79 Å². The molecular formula is C15H22Cl2N2O. The number of hydrogen-bond donors (Lipinski definition) is 2. The second kappa shape index (κ2) is 7.75. The smallest absolute Gasteiger partial charge is 0.252 e. The third-order valence-corrected chi connectivity index (χ3v) is 4.36. The largest absolute Gasteiger partial charge is 0.399 e. The number of rotatable bonds is 3. The summed E-state index contributed by atoms with van der Waals surface area (Å²) in [5.41, 5.74) is 6.69. The zero-order valence-electron chi connectivity index (χ0n) is 11.7. The minimum absolute atomic E-state index is 0. The number of nitrogens with one attached hydrogen (secondary N) is 1. The van der Waals surface area contributed by atoms with Crippen molar-refractivity contribution in [1.29, 1.82) is 0 Å². The Bertz CT molecular complexity index is 465. The minimum Gasteiger partial charge on any atom is -0.399 e. The van der Waals surface area contributed by atoms with Gasteiger partial charge in [0.25, 0.3) is 5.91 Å². The molecule has 1 aromatic rings. The fraction of sp³-hybridized carbons (Fsp3) is 0.533. The lowest BCUT2D eigenvalue weighted by molar-refractivity contribution is 0.0936. The molecule has 1 aromatic carbocycles. The van der Waals surface area contributed by atoms with Crippen LogP contribution in [0.4, 0.5) is 5.69 Å². The van der Waals surface area contributed by atoms with E-state index in [-0.39, 0.29) is 18.3 Å². The molecule has 2 unspecified atom stereocenters. The van der Waals surface area contributed by atoms with Crippen LogP contribution in [0, 0.1) is 11.8 Å². The first-order chi connectivity index (χ1) is 9.08. The van der Waals surface area contributed by atoms with Crippen LogP contribution in [0.3, 0.4) is 0 Å². The summed E-state index contributed by atoms with van der Waals surface area (Å²) in [5, 5.41) is 3.41. The molecular weight excluding hydrogens is 295 g/mol. The quantitative estimate of drug-likeness (QED) is 0.831. The fourth-order valence-corrected chi connectivity index (χ4v) is 3.01. The van der Waals surface area contributed by atoms with Crippen molar-refractivity contribution in [2.45, 2.75) is 32.6 Å². The van der Waals surface area contributed by atoms with Gasteiger partial charge in [-0.1, -0.05) is 37.8 Å². The Labute approximate surface area is 131 Å². The SMILES string of the molecule is CC1CCCCC1CNC(=O)c1ccc(N)cc1Cl.Cl. The first kappa shape index (κ1) is 17.1. The van der Waals surface area contributed by atoms with Crippen molar-refractivity contribution in [2.75, 3.05) is 12.3 Å². The van der Waals surface area contributed by atoms with E-state index in [0.29, 0.717) is 28.1 Å². The molecule has 0 spiro atoms. The number of benzene rings is 1. The molecule has 1 saturated carbocycles. The summed E-state index contributed by atoms with van der Waals surface area (Å²) < 4.78 is 0. The Morgan fingerprint density at radius 3 is 2.75 bits per heavy atom. The number of carbonyl (C=O) groups is 1. The van der Waals surface area contributed by atoms with Crippen LogP contribution in [-0.2, 0) is 0 Å². The summed E-state index contributed by atoms with van der Waals surface area (Å²) in [7, 11) is 0. The van der Waals surface area contributed by atoms with Crippen molar-refractivity contribution in [2.24, 2.45) is 11.8 Å². The molecule has 3 N–H and O–H groups in total. The molecule has 0 aliphatic heterocycles. The third kappa shape index (κ3) is 4.29. The van der Waals surface area contributed by atoms with Crippen molar-refractivity contribution in [1.82, 2.24) is 5.32 Å². The van der Waals surface area contributed by atoms with Gasteiger partial charge in [0.2, 0.25) is 0 Å². The third-order valence-electron chi connectivity index (χ3n) is 4.05. The normalized spacial score (nSPS) is 21.9. The molecule has 112 valence electrons. The summed E-state index contributed by atoms with van der Waals surface area (Å²) in [6, 6.07) is 4.99. The molecule has 1 aliphatic carbocycles. The standard InChI is InChI=1S/C15H21ClN2O.ClH/c1-10-4-2-3-5-11(10)9-18-15(19)13-7-6-12(17)8-14(13)16;/h6-8,10-11H,2-5,9,17H2,1H3,(H,18,19);1H. The van der Waals surface area contributed by atoms with Crippen molar-refractivity contribution >= 4 is 35.6 Å². The van der Waals surface area contributed by atoms with E-state index in [1.54, 1.807) is 18.2 Å². The summed E-state index contributed by atoms with van der Waals surface area (Å²) in [6.45, 7) is 3.01. The van der Waals surface area contributed by atoms with Gasteiger partial charge in [0.15, 0.2) is 0 Å². The molecule has 2 atom stereocenters. The van der Waals surface area contributed by atoms with Gasteiger partial charge >= 0.3 is 0 Å². The van der Waals surface area contributed by atoms with Crippen LogP contribution >= 0.6 is 24.0 Å². The van der Waals surface area contributed by atoms with Gasteiger partial charge in [0.1, 0.15) is 0 Å². The van der Waals surface area contributed by atoms with Crippen LogP contribution in [0.15, 0.2) is 18.2 Å². The van der Waals surface area contributed by atoms with Gasteiger partial charge in [-0.2, -0.15) is 0 Å². The highest BCUT2D eigenvalue weighted by atomic mass is 35.5. The molecule has 0 bridgehead atoms. The van der Waals surface area contributed by atoms with Gasteiger partial charge in [-0.05, 0) is 36.5 Å². The number of nitrogen functional groups attached to an aromatic ring is 1. The zero-order valence-corrected chi connectivity index (χ0v) is 13.3. The molecule has 0 heterocycles. The lowest BCUT2D eigenvalue weighted by Crippen LogP contribution is -2.33. The molecule has 2 rings (SSSR count). The van der Waals surface area contributed by atoms with Crippen LogP contribution in [0.5, 0.6) is 0 Å². The van der Waals surface area contributed by atoms with E-state index in [1.807, 2.05) is 0 Å². The molecule has 0 saturated heterocycles. The van der Waals surface area contributed by atoms with Crippen molar-refractivity contribution in [3.05, 3.63) is 28.8 Å². The highest BCUT2D eigenvalue weighted by Crippen LogP contribution is 2.29. The highest BCUT2D eigenvalue weighted by Gasteiger charge is 2.22. The van der Waals surface area contributed by atoms with E-state index < -0.39 is 0 Å². The molecule has 1 aliphatic rings. The van der Waals surface area contributed by atoms with Crippen LogP contribution in [0.2, 0.25) is 5.02 Å². The molecule has 1 amide bonds. The average molecular weight is 317 g/mol. The Morgan fingerprint density at radius 2 is 2.10 bits per heavy atom. The zero-order chi connectivity index (χ0) is 13.8. The van der Waals surface area contributed by atoms with Crippen LogP contribution in [-0.4, -0.2) is 12.5 Å². The Balaban J connectivity index is 0.00000200. The monoisotopic (exact) mass is 316 g/mol. The fourth-order valence-electron chi connectivity index (χ4n) is 2.73. The molecule has 5 heteroatoms. The Hall–Kier alpha value is -0.930. The lowest BCUT2D eigenvalue weighted by atomic mass is 9.80. The summed E-state index contributed by atoms with van der Waals surface area (Å²) in [6.07, 6.45) is 5.06. The van der Waals surface area contributed by atoms with Crippen molar-refractivity contribution in [3.8, 4) is 0 Å². The predicted octanol–water partition coefficient (Wildman–Crippen LogP) is 3.90. The van der Waals surface area contributed by atoms with Gasteiger partial charge in [-0.25, -0.2) is 0 Å². The number of nitrogens with two attached hydrogens (primary N) is 1. The van der Waals surface area contributed by atoms with Gasteiger partial charge in [0, 0.05) is 12.2 Å². The van der Waals surface area contributed by atoms with Crippen LogP contribution < -0.4 is 11.1 Å². The average Bonchev–Trinajstić information content (AvgIpc) is 2.37. The molecule has 20 heavy (non-hydrogen) atoms. The molecule has 1 fully saturated rings. The van der Waals surface area contributed by atoms with E-state index in [4.69, 9.17) is 17.3 Å².